The van der Waals surface area contributed by atoms with Gasteiger partial charge in [0.15, 0.2) is 0 Å². The molecular formula is C17H18ClN3O3S. The van der Waals surface area contributed by atoms with Crippen molar-refractivity contribution >= 4 is 40.6 Å². The maximum Gasteiger partial charge on any atom is 0.319 e. The number of nitrogens with zero attached hydrogens (tertiary/aromatic N) is 1. The summed E-state index contributed by atoms with van der Waals surface area (Å²) in [6.45, 7) is 0. The van der Waals surface area contributed by atoms with E-state index in [1.165, 1.54) is 11.3 Å². The zero-order chi connectivity index (χ0) is 17.8. The number of urea groups is 1. The fraction of sp³-hybridized carbons (Fsp3) is 0.353. The lowest BCUT2D eigenvalue weighted by molar-refractivity contribution is -0.142. The van der Waals surface area contributed by atoms with E-state index in [4.69, 9.17) is 16.7 Å². The molecule has 25 heavy (non-hydrogen) atoms. The number of hydrogen-bond acceptors (Lipinski definition) is 4. The van der Waals surface area contributed by atoms with Gasteiger partial charge < -0.3 is 15.7 Å². The Kier molecular flexibility index (Phi) is 5.55. The van der Waals surface area contributed by atoms with Crippen LogP contribution < -0.4 is 10.6 Å². The molecule has 132 valence electrons. The molecule has 8 heteroatoms. The molecule has 0 atom stereocenters. The van der Waals surface area contributed by atoms with Crippen LogP contribution >= 0.6 is 22.9 Å². The number of aliphatic carboxylic acids is 1. The van der Waals surface area contributed by atoms with Crippen molar-refractivity contribution in [3.63, 3.8) is 0 Å². The van der Waals surface area contributed by atoms with Crippen LogP contribution in [0.5, 0.6) is 0 Å². The van der Waals surface area contributed by atoms with Crippen molar-refractivity contribution in [2.45, 2.75) is 31.7 Å². The van der Waals surface area contributed by atoms with Crippen LogP contribution in [0.25, 0.3) is 10.6 Å². The van der Waals surface area contributed by atoms with Crippen molar-refractivity contribution in [3.8, 4) is 10.6 Å². The SMILES string of the molecule is O=C(Nc1ccc(-c2ccc(Cl)s2)nc1)NC1CCC(C(=O)O)CC1. The second kappa shape index (κ2) is 7.84. The maximum atomic E-state index is 12.1. The summed E-state index contributed by atoms with van der Waals surface area (Å²) in [6, 6.07) is 7.06. The molecule has 3 N–H and O–H groups in total. The smallest absolute Gasteiger partial charge is 0.319 e. The van der Waals surface area contributed by atoms with E-state index in [-0.39, 0.29) is 18.0 Å². The predicted octanol–water partition coefficient (Wildman–Crippen LogP) is 4.23. The molecule has 2 aromatic heterocycles. The lowest BCUT2D eigenvalue weighted by atomic mass is 9.86. The standard InChI is InChI=1S/C17H18ClN3O3S/c18-15-8-7-14(25-15)13-6-5-12(9-19-13)21-17(24)20-11-3-1-10(2-4-11)16(22)23/h5-11H,1-4H2,(H,22,23)(H2,20,21,24). The van der Waals surface area contributed by atoms with Gasteiger partial charge in [0, 0.05) is 6.04 Å². The molecule has 1 aliphatic carbocycles. The monoisotopic (exact) mass is 379 g/mol. The molecule has 1 aliphatic rings. The highest BCUT2D eigenvalue weighted by molar-refractivity contribution is 7.19. The summed E-state index contributed by atoms with van der Waals surface area (Å²) in [7, 11) is 0. The minimum Gasteiger partial charge on any atom is -0.481 e. The number of carbonyl (C=O) groups excluding carboxylic acids is 1. The number of thiophene rings is 1. The fourth-order valence-electron chi connectivity index (χ4n) is 2.90. The summed E-state index contributed by atoms with van der Waals surface area (Å²) >= 11 is 7.37. The number of carboxylic acids is 1. The lowest BCUT2D eigenvalue weighted by Crippen LogP contribution is -2.41. The van der Waals surface area contributed by atoms with Crippen molar-refractivity contribution in [2.75, 3.05) is 5.32 Å². The highest BCUT2D eigenvalue weighted by Crippen LogP contribution is 2.30. The van der Waals surface area contributed by atoms with Crippen LogP contribution in [0.4, 0.5) is 10.5 Å². The minimum absolute atomic E-state index is 0.0103. The van der Waals surface area contributed by atoms with Gasteiger partial charge in [-0.3, -0.25) is 9.78 Å². The molecule has 1 saturated carbocycles. The number of rotatable bonds is 4. The maximum absolute atomic E-state index is 12.1. The molecule has 0 aliphatic heterocycles. The molecule has 3 rings (SSSR count). The van der Waals surface area contributed by atoms with Crippen molar-refractivity contribution in [3.05, 3.63) is 34.8 Å². The number of carboxylic acid groups (broad SMARTS) is 1. The van der Waals surface area contributed by atoms with Gasteiger partial charge in [-0.1, -0.05) is 11.6 Å². The third-order valence-electron chi connectivity index (χ3n) is 4.26. The van der Waals surface area contributed by atoms with Gasteiger partial charge in [0.25, 0.3) is 0 Å². The third-order valence-corrected chi connectivity index (χ3v) is 5.51. The number of hydrogen-bond donors (Lipinski definition) is 3. The number of halogens is 1. The lowest BCUT2D eigenvalue weighted by Gasteiger charge is -2.26. The van der Waals surface area contributed by atoms with E-state index in [1.54, 1.807) is 12.3 Å². The molecule has 2 aromatic rings. The summed E-state index contributed by atoms with van der Waals surface area (Å²) < 4.78 is 0.705. The summed E-state index contributed by atoms with van der Waals surface area (Å²) in [4.78, 5) is 28.3. The van der Waals surface area contributed by atoms with Gasteiger partial charge in [0.1, 0.15) is 0 Å². The second-order valence-corrected chi connectivity index (χ2v) is 7.74. The molecule has 0 aromatic carbocycles. The van der Waals surface area contributed by atoms with Crippen LogP contribution in [0.2, 0.25) is 4.34 Å². The molecule has 0 bridgehead atoms. The van der Waals surface area contributed by atoms with Crippen LogP contribution in [-0.4, -0.2) is 28.1 Å². The van der Waals surface area contributed by atoms with Crippen molar-refractivity contribution < 1.29 is 14.7 Å². The Morgan fingerprint density at radius 1 is 1.16 bits per heavy atom. The number of aromatic nitrogens is 1. The van der Waals surface area contributed by atoms with Crippen LogP contribution in [0.1, 0.15) is 25.7 Å². The number of carbonyl (C=O) groups is 2. The minimum atomic E-state index is -0.749. The van der Waals surface area contributed by atoms with Crippen LogP contribution in [-0.2, 0) is 4.79 Å². The van der Waals surface area contributed by atoms with Crippen molar-refractivity contribution in [1.29, 1.82) is 0 Å². The van der Waals surface area contributed by atoms with Crippen LogP contribution in [0, 0.1) is 5.92 Å². The first-order valence-electron chi connectivity index (χ1n) is 8.03. The number of amides is 2. The van der Waals surface area contributed by atoms with E-state index >= 15 is 0 Å². The van der Waals surface area contributed by atoms with E-state index in [1.807, 2.05) is 18.2 Å². The summed E-state index contributed by atoms with van der Waals surface area (Å²) in [6.07, 6.45) is 4.16. The first-order valence-corrected chi connectivity index (χ1v) is 9.23. The molecule has 0 saturated heterocycles. The quantitative estimate of drug-likeness (QED) is 0.741. The van der Waals surface area contributed by atoms with Gasteiger partial charge in [-0.25, -0.2) is 4.79 Å². The van der Waals surface area contributed by atoms with E-state index in [0.717, 1.165) is 10.6 Å². The van der Waals surface area contributed by atoms with Crippen molar-refractivity contribution in [2.24, 2.45) is 5.92 Å². The largest absolute Gasteiger partial charge is 0.481 e. The molecule has 2 heterocycles. The van der Waals surface area contributed by atoms with Crippen LogP contribution in [0.3, 0.4) is 0 Å². The van der Waals surface area contributed by atoms with Gasteiger partial charge in [0.2, 0.25) is 0 Å². The normalized spacial score (nSPS) is 20.0. The average Bonchev–Trinajstić information content (AvgIpc) is 3.02. The summed E-state index contributed by atoms with van der Waals surface area (Å²) in [5.41, 5.74) is 1.40. The highest BCUT2D eigenvalue weighted by atomic mass is 35.5. The van der Waals surface area contributed by atoms with Crippen LogP contribution in [0.15, 0.2) is 30.5 Å². The first kappa shape index (κ1) is 17.7. The number of pyridine rings is 1. The Balaban J connectivity index is 1.51. The predicted molar refractivity (Wildman–Crippen MR) is 98.1 cm³/mol. The van der Waals surface area contributed by atoms with Gasteiger partial charge in [-0.05, 0) is 49.9 Å². The molecule has 6 nitrogen and oxygen atoms in total. The van der Waals surface area contributed by atoms with E-state index in [9.17, 15) is 9.59 Å². The van der Waals surface area contributed by atoms with Gasteiger partial charge >= 0.3 is 12.0 Å². The Morgan fingerprint density at radius 2 is 1.92 bits per heavy atom. The van der Waals surface area contributed by atoms with E-state index in [0.29, 0.717) is 35.7 Å². The van der Waals surface area contributed by atoms with E-state index in [2.05, 4.69) is 15.6 Å². The molecule has 2 amide bonds. The van der Waals surface area contributed by atoms with E-state index < -0.39 is 5.97 Å². The highest BCUT2D eigenvalue weighted by Gasteiger charge is 2.26. The molecular weight excluding hydrogens is 362 g/mol. The summed E-state index contributed by atoms with van der Waals surface area (Å²) in [5, 5.41) is 14.6. The number of nitrogens with one attached hydrogen (secondary N) is 2. The Hall–Kier alpha value is -2.12. The molecule has 0 unspecified atom stereocenters. The zero-order valence-corrected chi connectivity index (χ0v) is 14.9. The van der Waals surface area contributed by atoms with Gasteiger partial charge in [-0.2, -0.15) is 0 Å². The zero-order valence-electron chi connectivity index (χ0n) is 13.4. The molecule has 0 spiro atoms. The Bertz CT molecular complexity index is 755. The summed E-state index contributed by atoms with van der Waals surface area (Å²) in [5.74, 6) is -1.04. The molecule has 0 radical (unpaired) electrons. The fourth-order valence-corrected chi connectivity index (χ4v) is 3.92. The first-order chi connectivity index (χ1) is 12.0. The van der Waals surface area contributed by atoms with Gasteiger partial charge in [-0.15, -0.1) is 11.3 Å². The Morgan fingerprint density at radius 3 is 2.48 bits per heavy atom. The third kappa shape index (κ3) is 4.70. The van der Waals surface area contributed by atoms with Crippen molar-refractivity contribution in [1.82, 2.24) is 10.3 Å². The topological polar surface area (TPSA) is 91.3 Å². The number of anilines is 1. The Labute approximate surface area is 154 Å². The second-order valence-electron chi connectivity index (χ2n) is 6.02. The average molecular weight is 380 g/mol. The van der Waals surface area contributed by atoms with Gasteiger partial charge in [0.05, 0.1) is 32.7 Å². The molecule has 1 fully saturated rings.